The number of carboxylic acid groups (broad SMARTS) is 1. The molecule has 1 unspecified atom stereocenters. The summed E-state index contributed by atoms with van der Waals surface area (Å²) in [6, 6.07) is 21.5. The van der Waals surface area contributed by atoms with Gasteiger partial charge in [-0.25, -0.2) is 8.42 Å². The Bertz CT molecular complexity index is 1470. The van der Waals surface area contributed by atoms with Crippen molar-refractivity contribution >= 4 is 38.9 Å². The average Bonchev–Trinajstić information content (AvgIpc) is 3.26. The average molecular weight is 542 g/mol. The Kier molecular flexibility index (Phi) is 6.50. The molecule has 1 aliphatic rings. The van der Waals surface area contributed by atoms with Crippen LogP contribution in [0.25, 0.3) is 10.4 Å². The third kappa shape index (κ3) is 4.48. The third-order valence-corrected chi connectivity index (χ3v) is 10.2. The predicted molar refractivity (Wildman–Crippen MR) is 140 cm³/mol. The van der Waals surface area contributed by atoms with Crippen molar-refractivity contribution in [1.29, 1.82) is 0 Å². The van der Waals surface area contributed by atoms with Crippen molar-refractivity contribution in [3.05, 3.63) is 95.8 Å². The molecule has 2 aromatic carbocycles. The molecule has 36 heavy (non-hydrogen) atoms. The fourth-order valence-electron chi connectivity index (χ4n) is 4.91. The van der Waals surface area contributed by atoms with Gasteiger partial charge in [-0.05, 0) is 60.7 Å². The van der Waals surface area contributed by atoms with E-state index >= 15 is 0 Å². The molecular weight excluding hydrogens is 518 g/mol. The Labute approximate surface area is 218 Å². The van der Waals surface area contributed by atoms with Gasteiger partial charge in [-0.2, -0.15) is 9.82 Å². The van der Waals surface area contributed by atoms with E-state index in [-0.39, 0.29) is 10.6 Å². The smallest absolute Gasteiger partial charge is 0.325 e. The second-order valence-electron chi connectivity index (χ2n) is 8.94. The number of aryl methyl sites for hydroxylation is 1. The van der Waals surface area contributed by atoms with Crippen LogP contribution in [0.5, 0.6) is 0 Å². The molecule has 1 saturated carbocycles. The minimum Gasteiger partial charge on any atom is -0.480 e. The van der Waals surface area contributed by atoms with Crippen molar-refractivity contribution in [3.8, 4) is 10.4 Å². The lowest BCUT2D eigenvalue weighted by Crippen LogP contribution is -2.48. The van der Waals surface area contributed by atoms with E-state index in [0.717, 1.165) is 27.3 Å². The molecule has 2 N–H and O–H groups in total. The van der Waals surface area contributed by atoms with Crippen LogP contribution in [-0.2, 0) is 26.8 Å². The van der Waals surface area contributed by atoms with Gasteiger partial charge in [-0.1, -0.05) is 54.1 Å². The number of rotatable bonds is 10. The summed E-state index contributed by atoms with van der Waals surface area (Å²) in [5, 5.41) is 15.2. The number of carbonyl (C=O) groups is 1. The predicted octanol–water partition coefficient (Wildman–Crippen LogP) is 5.19. The minimum absolute atomic E-state index is 0.0680. The Morgan fingerprint density at radius 1 is 1.08 bits per heavy atom. The lowest BCUT2D eigenvalue weighted by Gasteiger charge is -2.24. The molecule has 0 bridgehead atoms. The van der Waals surface area contributed by atoms with Gasteiger partial charge in [0, 0.05) is 34.3 Å². The van der Waals surface area contributed by atoms with Gasteiger partial charge in [-0.15, -0.1) is 11.3 Å². The van der Waals surface area contributed by atoms with E-state index in [1.807, 2.05) is 54.7 Å². The van der Waals surface area contributed by atoms with Gasteiger partial charge in [0.2, 0.25) is 0 Å². The van der Waals surface area contributed by atoms with Crippen LogP contribution in [0, 0.1) is 0 Å². The molecule has 1 aliphatic carbocycles. The number of hydrogen-bond acceptors (Lipinski definition) is 5. The normalized spacial score (nSPS) is 21.4. The van der Waals surface area contributed by atoms with E-state index in [1.54, 1.807) is 29.1 Å². The molecule has 0 radical (unpaired) electrons. The van der Waals surface area contributed by atoms with Gasteiger partial charge < -0.3 is 5.11 Å². The van der Waals surface area contributed by atoms with Crippen molar-refractivity contribution in [1.82, 2.24) is 14.5 Å². The standard InChI is InChI=1S/C26H24ClN3O4S2/c27-21-10-8-19(9-11-21)22-12-13-23(35-22)36(33,34)29-26(24(31)32)18-25(26,20-6-2-1-3-7-20)14-4-16-30-17-5-15-28-30/h1-3,5-13,15,17,29H,4,14,16,18H2,(H,31,32)/t25-,26?/m0/s1. The summed E-state index contributed by atoms with van der Waals surface area (Å²) in [7, 11) is -4.10. The number of thiophene rings is 1. The first-order chi connectivity index (χ1) is 17.3. The highest BCUT2D eigenvalue weighted by Crippen LogP contribution is 2.61. The Balaban J connectivity index is 1.44. The van der Waals surface area contributed by atoms with E-state index in [4.69, 9.17) is 11.6 Å². The zero-order valence-electron chi connectivity index (χ0n) is 19.2. The maximum absolute atomic E-state index is 13.5. The largest absolute Gasteiger partial charge is 0.480 e. The minimum atomic E-state index is -4.10. The number of hydrogen-bond donors (Lipinski definition) is 2. The van der Waals surface area contributed by atoms with Gasteiger partial charge >= 0.3 is 5.97 Å². The molecule has 4 aromatic rings. The topological polar surface area (TPSA) is 101 Å². The number of nitrogens with zero attached hydrogens (tertiary/aromatic N) is 2. The van der Waals surface area contributed by atoms with Crippen LogP contribution < -0.4 is 4.72 Å². The van der Waals surface area contributed by atoms with Crippen molar-refractivity contribution in [2.24, 2.45) is 0 Å². The summed E-state index contributed by atoms with van der Waals surface area (Å²) < 4.78 is 31.4. The highest BCUT2D eigenvalue weighted by atomic mass is 35.5. The van der Waals surface area contributed by atoms with Crippen LogP contribution in [0.15, 0.2) is 89.4 Å². The summed E-state index contributed by atoms with van der Waals surface area (Å²) in [6.45, 7) is 0.611. The molecule has 5 rings (SSSR count). The highest BCUT2D eigenvalue weighted by molar-refractivity contribution is 7.91. The van der Waals surface area contributed by atoms with Crippen LogP contribution in [-0.4, -0.2) is 34.8 Å². The first-order valence-electron chi connectivity index (χ1n) is 11.4. The van der Waals surface area contributed by atoms with Crippen LogP contribution in [0.4, 0.5) is 0 Å². The lowest BCUT2D eigenvalue weighted by atomic mass is 9.86. The molecular formula is C26H24ClN3O4S2. The molecule has 0 spiro atoms. The quantitative estimate of drug-likeness (QED) is 0.288. The number of nitrogens with one attached hydrogen (secondary N) is 1. The number of aromatic nitrogens is 2. The maximum atomic E-state index is 13.5. The van der Waals surface area contributed by atoms with E-state index in [1.165, 1.54) is 6.07 Å². The van der Waals surface area contributed by atoms with Gasteiger partial charge in [0.1, 0.15) is 9.75 Å². The number of halogens is 1. The Morgan fingerprint density at radius 2 is 1.83 bits per heavy atom. The first-order valence-corrected chi connectivity index (χ1v) is 14.1. The number of sulfonamides is 1. The molecule has 0 saturated heterocycles. The van der Waals surface area contributed by atoms with Gasteiger partial charge in [0.15, 0.2) is 0 Å². The first kappa shape index (κ1) is 24.7. The summed E-state index contributed by atoms with van der Waals surface area (Å²) in [5.74, 6) is -1.18. The van der Waals surface area contributed by atoms with E-state index in [0.29, 0.717) is 24.4 Å². The Morgan fingerprint density at radius 3 is 2.50 bits per heavy atom. The van der Waals surface area contributed by atoms with Crippen molar-refractivity contribution in [2.45, 2.75) is 41.0 Å². The molecule has 10 heteroatoms. The molecule has 0 aliphatic heterocycles. The zero-order chi connectivity index (χ0) is 25.4. The number of aliphatic carboxylic acids is 1. The zero-order valence-corrected chi connectivity index (χ0v) is 21.6. The molecule has 186 valence electrons. The van der Waals surface area contributed by atoms with Gasteiger partial charge in [-0.3, -0.25) is 9.48 Å². The SMILES string of the molecule is O=C(O)C1(NS(=O)(=O)c2ccc(-c3ccc(Cl)cc3)s2)C[C@@]1(CCCn1cccn1)c1ccccc1. The Hall–Kier alpha value is -2.98. The fraction of sp³-hybridized carbons (Fsp3) is 0.231. The third-order valence-electron chi connectivity index (χ3n) is 6.78. The van der Waals surface area contributed by atoms with Crippen LogP contribution >= 0.6 is 22.9 Å². The highest BCUT2D eigenvalue weighted by Gasteiger charge is 2.74. The summed E-state index contributed by atoms with van der Waals surface area (Å²) in [4.78, 5) is 13.4. The molecule has 2 heterocycles. The second kappa shape index (κ2) is 9.48. The molecule has 7 nitrogen and oxygen atoms in total. The van der Waals surface area contributed by atoms with Crippen molar-refractivity contribution < 1.29 is 18.3 Å². The molecule has 1 fully saturated rings. The monoisotopic (exact) mass is 541 g/mol. The summed E-state index contributed by atoms with van der Waals surface area (Å²) >= 11 is 7.06. The fourth-order valence-corrected chi connectivity index (χ4v) is 7.77. The van der Waals surface area contributed by atoms with Crippen molar-refractivity contribution in [3.63, 3.8) is 0 Å². The maximum Gasteiger partial charge on any atom is 0.325 e. The lowest BCUT2D eigenvalue weighted by molar-refractivity contribution is -0.140. The van der Waals surface area contributed by atoms with E-state index < -0.39 is 26.9 Å². The van der Waals surface area contributed by atoms with Gasteiger partial charge in [0.05, 0.1) is 0 Å². The number of carboxylic acids is 1. The van der Waals surface area contributed by atoms with Crippen LogP contribution in [0.2, 0.25) is 5.02 Å². The van der Waals surface area contributed by atoms with Crippen LogP contribution in [0.1, 0.15) is 24.8 Å². The van der Waals surface area contributed by atoms with E-state index in [2.05, 4.69) is 9.82 Å². The second-order valence-corrected chi connectivity index (χ2v) is 12.4. The van der Waals surface area contributed by atoms with Crippen molar-refractivity contribution in [2.75, 3.05) is 0 Å². The summed E-state index contributed by atoms with van der Waals surface area (Å²) in [5.41, 5.74) is -0.857. The molecule has 0 amide bonds. The molecule has 2 atom stereocenters. The summed E-state index contributed by atoms with van der Waals surface area (Å²) in [6.07, 6.45) is 4.86. The molecule has 2 aromatic heterocycles. The van der Waals surface area contributed by atoms with Crippen LogP contribution in [0.3, 0.4) is 0 Å². The van der Waals surface area contributed by atoms with Gasteiger partial charge in [0.25, 0.3) is 10.0 Å². The van der Waals surface area contributed by atoms with E-state index in [9.17, 15) is 18.3 Å². The number of benzene rings is 2.